The monoisotopic (exact) mass is 630 g/mol. The van der Waals surface area contributed by atoms with E-state index in [0.29, 0.717) is 18.4 Å². The molecule has 1 aromatic heterocycles. The molecule has 9 nitrogen and oxygen atoms in total. The Morgan fingerprint density at radius 3 is 2.53 bits per heavy atom. The smallest absolute Gasteiger partial charge is 0.264 e. The molecule has 3 aromatic rings. The van der Waals surface area contributed by atoms with E-state index < -0.39 is 21.5 Å². The minimum atomic E-state index is -3.74. The molecular weight excluding hydrogens is 588 g/mol. The van der Waals surface area contributed by atoms with E-state index in [4.69, 9.17) is 4.74 Å². The van der Waals surface area contributed by atoms with Crippen LogP contribution in [0, 0.1) is 0 Å². The molecule has 2 amide bonds. The maximum absolute atomic E-state index is 15.1. The van der Waals surface area contributed by atoms with Crippen molar-refractivity contribution in [2.45, 2.75) is 81.2 Å². The molecule has 2 aromatic carbocycles. The fraction of sp³-hybridized carbons (Fsp3) is 0.543. The Labute approximate surface area is 264 Å². The third-order valence-electron chi connectivity index (χ3n) is 11.3. The van der Waals surface area contributed by atoms with Crippen molar-refractivity contribution in [3.8, 4) is 17.0 Å². The first kappa shape index (κ1) is 29.1. The van der Waals surface area contributed by atoms with Crippen molar-refractivity contribution in [1.29, 1.82) is 0 Å². The highest BCUT2D eigenvalue weighted by atomic mass is 32.2. The van der Waals surface area contributed by atoms with E-state index in [1.165, 1.54) is 43.2 Å². The zero-order valence-corrected chi connectivity index (χ0v) is 27.0. The van der Waals surface area contributed by atoms with Gasteiger partial charge in [-0.2, -0.15) is 0 Å². The zero-order valence-electron chi connectivity index (χ0n) is 26.2. The topological polar surface area (TPSA) is 101 Å². The van der Waals surface area contributed by atoms with E-state index in [2.05, 4.69) is 31.2 Å². The van der Waals surface area contributed by atoms with Gasteiger partial charge in [-0.05, 0) is 86.0 Å². The lowest BCUT2D eigenvalue weighted by atomic mass is 9.80. The molecule has 0 bridgehead atoms. The van der Waals surface area contributed by atoms with Gasteiger partial charge in [0.1, 0.15) is 11.3 Å². The number of benzene rings is 2. The molecular formula is C35H42N4O5S. The van der Waals surface area contributed by atoms with Gasteiger partial charge in [0, 0.05) is 48.1 Å². The summed E-state index contributed by atoms with van der Waals surface area (Å²) in [6.07, 6.45) is 11.0. The summed E-state index contributed by atoms with van der Waals surface area (Å²) in [7, 11) is -2.05. The number of sulfonamides is 1. The molecule has 2 aliphatic carbocycles. The summed E-state index contributed by atoms with van der Waals surface area (Å²) < 4.78 is 34.1. The van der Waals surface area contributed by atoms with Crippen LogP contribution in [0.3, 0.4) is 0 Å². The van der Waals surface area contributed by atoms with Crippen LogP contribution < -0.4 is 9.46 Å². The summed E-state index contributed by atoms with van der Waals surface area (Å²) in [6.45, 7) is 3.50. The van der Waals surface area contributed by atoms with Crippen molar-refractivity contribution in [3.05, 3.63) is 53.1 Å². The number of methoxy groups -OCH3 is 1. The summed E-state index contributed by atoms with van der Waals surface area (Å²) in [5, 5.41) is 1.06. The van der Waals surface area contributed by atoms with E-state index in [-0.39, 0.29) is 17.4 Å². The Morgan fingerprint density at radius 2 is 1.76 bits per heavy atom. The van der Waals surface area contributed by atoms with Crippen LogP contribution in [0.1, 0.15) is 91.1 Å². The van der Waals surface area contributed by atoms with Gasteiger partial charge in [0.15, 0.2) is 0 Å². The van der Waals surface area contributed by atoms with Crippen molar-refractivity contribution in [2.75, 3.05) is 39.5 Å². The van der Waals surface area contributed by atoms with Crippen LogP contribution in [0.2, 0.25) is 0 Å². The number of piperidine rings is 1. The second-order valence-corrected chi connectivity index (χ2v) is 15.7. The van der Waals surface area contributed by atoms with E-state index in [9.17, 15) is 13.2 Å². The molecule has 0 radical (unpaired) electrons. The second-order valence-electron chi connectivity index (χ2n) is 13.9. The molecule has 0 spiro atoms. The van der Waals surface area contributed by atoms with Crippen LogP contribution in [0.4, 0.5) is 0 Å². The Morgan fingerprint density at radius 1 is 0.956 bits per heavy atom. The molecule has 10 heteroatoms. The molecule has 1 N–H and O–H groups in total. The highest BCUT2D eigenvalue weighted by Gasteiger charge is 2.67. The van der Waals surface area contributed by atoms with Crippen molar-refractivity contribution >= 4 is 32.7 Å². The number of rotatable bonds is 5. The standard InChI is InChI=1S/C35H42N4O5S/c1-44-25-12-14-26-28(19-25)29-20-35(29,34(41)38-17-16-37-15-7-6-10-24(37)21-38)39-30-18-23(33(40)36-45(2,42)43)11-13-27(30)31(32(26)39)22-8-4-3-5-9-22/h11-14,18-19,22,24,29H,3-10,15-17,20-21H2,1-2H3,(H,36,40). The summed E-state index contributed by atoms with van der Waals surface area (Å²) in [5.74, 6) is 0.648. The number of ether oxygens (including phenoxy) is 1. The number of piperazine rings is 1. The molecule has 3 atom stereocenters. The summed E-state index contributed by atoms with van der Waals surface area (Å²) in [4.78, 5) is 32.9. The quantitative estimate of drug-likeness (QED) is 0.429. The number of nitrogens with one attached hydrogen (secondary N) is 1. The van der Waals surface area contributed by atoms with Crippen molar-refractivity contribution in [3.63, 3.8) is 0 Å². The average Bonchev–Trinajstić information content (AvgIpc) is 3.72. The van der Waals surface area contributed by atoms with E-state index >= 15 is 4.79 Å². The van der Waals surface area contributed by atoms with Crippen molar-refractivity contribution in [2.24, 2.45) is 0 Å². The minimum Gasteiger partial charge on any atom is -0.497 e. The maximum Gasteiger partial charge on any atom is 0.264 e. The highest BCUT2D eigenvalue weighted by molar-refractivity contribution is 7.89. The second kappa shape index (κ2) is 10.6. The lowest BCUT2D eigenvalue weighted by molar-refractivity contribution is -0.140. The van der Waals surface area contributed by atoms with E-state index in [1.807, 2.05) is 18.2 Å². The Bertz CT molecular complexity index is 1830. The predicted octanol–water partition coefficient (Wildman–Crippen LogP) is 4.95. The van der Waals surface area contributed by atoms with Crippen LogP contribution in [0.25, 0.3) is 22.2 Å². The van der Waals surface area contributed by atoms with Crippen molar-refractivity contribution < 1.29 is 22.7 Å². The van der Waals surface area contributed by atoms with Crippen LogP contribution in [0.15, 0.2) is 36.4 Å². The van der Waals surface area contributed by atoms with E-state index in [0.717, 1.165) is 79.6 Å². The number of amides is 2. The van der Waals surface area contributed by atoms with Gasteiger partial charge in [-0.3, -0.25) is 14.5 Å². The number of carbonyl (C=O) groups excluding carboxylic acids is 2. The summed E-state index contributed by atoms with van der Waals surface area (Å²) in [6, 6.07) is 12.2. The number of hydrogen-bond donors (Lipinski definition) is 1. The number of nitrogens with zero attached hydrogens (tertiary/aromatic N) is 3. The van der Waals surface area contributed by atoms with Crippen LogP contribution >= 0.6 is 0 Å². The molecule has 3 unspecified atom stereocenters. The normalized spacial score (nSPS) is 26.4. The molecule has 238 valence electrons. The predicted molar refractivity (Wildman–Crippen MR) is 173 cm³/mol. The number of fused-ring (bicyclic) bond motifs is 9. The molecule has 4 heterocycles. The summed E-state index contributed by atoms with van der Waals surface area (Å²) in [5.41, 5.74) is 5.00. The van der Waals surface area contributed by atoms with Gasteiger partial charge >= 0.3 is 0 Å². The number of hydrogen-bond acceptors (Lipinski definition) is 6. The average molecular weight is 631 g/mol. The third kappa shape index (κ3) is 4.61. The molecule has 3 aliphatic heterocycles. The molecule has 2 saturated carbocycles. The fourth-order valence-electron chi connectivity index (χ4n) is 9.15. The van der Waals surface area contributed by atoms with Crippen LogP contribution in [0.5, 0.6) is 5.75 Å². The maximum atomic E-state index is 15.1. The zero-order chi connectivity index (χ0) is 31.1. The molecule has 2 saturated heterocycles. The summed E-state index contributed by atoms with van der Waals surface area (Å²) >= 11 is 0. The first-order chi connectivity index (χ1) is 21.7. The van der Waals surface area contributed by atoms with Gasteiger partial charge in [0.25, 0.3) is 5.91 Å². The van der Waals surface area contributed by atoms with Gasteiger partial charge < -0.3 is 14.2 Å². The van der Waals surface area contributed by atoms with E-state index in [1.54, 1.807) is 13.2 Å². The number of carbonyl (C=O) groups is 2. The van der Waals surface area contributed by atoms with Crippen LogP contribution in [-0.4, -0.2) is 80.2 Å². The fourth-order valence-corrected chi connectivity index (χ4v) is 9.61. The largest absolute Gasteiger partial charge is 0.497 e. The molecule has 4 fully saturated rings. The van der Waals surface area contributed by atoms with Gasteiger partial charge in [-0.15, -0.1) is 0 Å². The Hall–Kier alpha value is -3.37. The minimum absolute atomic E-state index is 0.00436. The van der Waals surface area contributed by atoms with Crippen molar-refractivity contribution in [1.82, 2.24) is 19.1 Å². The Kier molecular flexibility index (Phi) is 6.84. The van der Waals surface area contributed by atoms with Gasteiger partial charge in [-0.1, -0.05) is 31.7 Å². The lowest BCUT2D eigenvalue weighted by Crippen LogP contribution is -2.58. The first-order valence-electron chi connectivity index (χ1n) is 16.6. The lowest BCUT2D eigenvalue weighted by Gasteiger charge is -2.45. The van der Waals surface area contributed by atoms with Gasteiger partial charge in [0.05, 0.1) is 24.6 Å². The van der Waals surface area contributed by atoms with Gasteiger partial charge in [-0.25, -0.2) is 13.1 Å². The Balaban J connectivity index is 1.34. The molecule has 5 aliphatic rings. The SMILES string of the molecule is COc1ccc2c(c1)C1CC1(C(=O)N1CCN3CCCCC3C1)n1c-2c(C2CCCCC2)c2ccc(C(=O)NS(C)(=O)=O)cc21. The third-order valence-corrected chi connectivity index (χ3v) is 11.8. The number of aromatic nitrogens is 1. The van der Waals surface area contributed by atoms with Gasteiger partial charge in [0.2, 0.25) is 15.9 Å². The van der Waals surface area contributed by atoms with Crippen LogP contribution in [-0.2, 0) is 20.4 Å². The first-order valence-corrected chi connectivity index (χ1v) is 18.5. The molecule has 8 rings (SSSR count). The molecule has 45 heavy (non-hydrogen) atoms. The highest BCUT2D eigenvalue weighted by Crippen LogP contribution is 2.67.